The quantitative estimate of drug-likeness (QED) is 0.694. The zero-order valence-electron chi connectivity index (χ0n) is 7.75. The lowest BCUT2D eigenvalue weighted by Gasteiger charge is -2.18. The topological polar surface area (TPSA) is 69.6 Å². The molecule has 0 radical (unpaired) electrons. The molecule has 0 fully saturated rings. The smallest absolute Gasteiger partial charge is 0.354 e. The second-order valence-corrected chi connectivity index (χ2v) is 4.78. The van der Waals surface area contributed by atoms with Crippen molar-refractivity contribution in [3.8, 4) is 0 Å². The van der Waals surface area contributed by atoms with Gasteiger partial charge in [-0.2, -0.15) is 0 Å². The van der Waals surface area contributed by atoms with Crippen molar-refractivity contribution < 1.29 is 14.4 Å². The van der Waals surface area contributed by atoms with Gasteiger partial charge < -0.3 is 15.1 Å². The Balaban J connectivity index is 0.00000112. The van der Waals surface area contributed by atoms with E-state index in [9.17, 15) is 4.57 Å². The van der Waals surface area contributed by atoms with E-state index in [1.807, 2.05) is 24.3 Å². The Hall–Kier alpha value is -0.610. The van der Waals surface area contributed by atoms with Crippen molar-refractivity contribution in [3.05, 3.63) is 35.1 Å². The molecule has 0 unspecified atom stereocenters. The number of benzene rings is 1. The van der Waals surface area contributed by atoms with E-state index in [1.165, 1.54) is 0 Å². The Morgan fingerprint density at radius 1 is 1.27 bits per heavy atom. The van der Waals surface area contributed by atoms with Crippen molar-refractivity contribution in [3.63, 3.8) is 0 Å². The molecule has 1 aliphatic rings. The van der Waals surface area contributed by atoms with Gasteiger partial charge in [-0.1, -0.05) is 18.2 Å². The first-order chi connectivity index (χ1) is 6.57. The van der Waals surface area contributed by atoms with Gasteiger partial charge in [0.05, 0.1) is 5.31 Å². The predicted octanol–water partition coefficient (Wildman–Crippen LogP) is 2.21. The monoisotopic (exact) mass is 291 g/mol. The fraction of sp³-hybridized carbons (Fsp3) is 0.111. The molecule has 0 bridgehead atoms. The van der Waals surface area contributed by atoms with Crippen LogP contribution in [0.25, 0.3) is 6.08 Å². The van der Waals surface area contributed by atoms with Crippen molar-refractivity contribution in [2.45, 2.75) is 0 Å². The maximum atomic E-state index is 11.0. The minimum absolute atomic E-state index is 0. The Bertz CT molecular complexity index is 441. The third-order valence-corrected chi connectivity index (χ3v) is 3.15. The first-order valence-corrected chi connectivity index (χ1v) is 5.78. The Labute approximate surface area is 97.9 Å². The molecule has 0 spiro atoms. The molecule has 1 heterocycles. The van der Waals surface area contributed by atoms with Crippen LogP contribution in [0.1, 0.15) is 5.56 Å². The Morgan fingerprint density at radius 2 is 1.93 bits per heavy atom. The summed E-state index contributed by atoms with van der Waals surface area (Å²) in [6, 6.07) is 7.40. The van der Waals surface area contributed by atoms with Gasteiger partial charge in [-0.15, -0.1) is 17.0 Å². The second kappa shape index (κ2) is 4.49. The second-order valence-electron chi connectivity index (χ2n) is 3.12. The van der Waals surface area contributed by atoms with Crippen molar-refractivity contribution in [2.24, 2.45) is 0 Å². The van der Waals surface area contributed by atoms with Crippen molar-refractivity contribution in [1.82, 2.24) is 0 Å². The van der Waals surface area contributed by atoms with Crippen molar-refractivity contribution in [2.75, 3.05) is 11.9 Å². The van der Waals surface area contributed by atoms with Crippen LogP contribution in [0.5, 0.6) is 0 Å². The lowest BCUT2D eigenvalue weighted by atomic mass is 10.1. The van der Waals surface area contributed by atoms with E-state index >= 15 is 0 Å². The zero-order chi connectivity index (χ0) is 10.2. The molecule has 2 rings (SSSR count). The minimum Gasteiger partial charge on any atom is -0.380 e. The highest BCUT2D eigenvalue weighted by Crippen LogP contribution is 2.47. The van der Waals surface area contributed by atoms with E-state index < -0.39 is 7.60 Å². The van der Waals surface area contributed by atoms with Gasteiger partial charge in [-0.3, -0.25) is 4.57 Å². The number of para-hydroxylation sites is 1. The standard InChI is InChI=1S/C9H10NO3P.BrH/c11-14(12,13)8-5-7-3-1-2-4-9(7)10-6-8;/h1-5,10H,6H2,(H2,11,12,13);1H. The number of halogens is 1. The summed E-state index contributed by atoms with van der Waals surface area (Å²) < 4.78 is 11.0. The van der Waals surface area contributed by atoms with Crippen LogP contribution >= 0.6 is 24.6 Å². The maximum absolute atomic E-state index is 11.0. The highest BCUT2D eigenvalue weighted by atomic mass is 79.9. The molecular weight excluding hydrogens is 281 g/mol. The summed E-state index contributed by atoms with van der Waals surface area (Å²) in [5, 5.41) is 3.09. The Kier molecular flexibility index (Phi) is 3.73. The first kappa shape index (κ1) is 12.5. The summed E-state index contributed by atoms with van der Waals surface area (Å²) >= 11 is 0. The lowest BCUT2D eigenvalue weighted by molar-refractivity contribution is 0.382. The van der Waals surface area contributed by atoms with Crippen molar-refractivity contribution in [1.29, 1.82) is 0 Å². The summed E-state index contributed by atoms with van der Waals surface area (Å²) in [5.41, 5.74) is 1.72. The average Bonchev–Trinajstić information content (AvgIpc) is 2.16. The van der Waals surface area contributed by atoms with Gasteiger partial charge in [0, 0.05) is 12.2 Å². The SMILES string of the molecule is Br.O=P(O)(O)C1=Cc2ccccc2NC1. The van der Waals surface area contributed by atoms with Crippen LogP contribution in [0, 0.1) is 0 Å². The molecule has 82 valence electrons. The number of fused-ring (bicyclic) bond motifs is 1. The predicted molar refractivity (Wildman–Crippen MR) is 65.3 cm³/mol. The van der Waals surface area contributed by atoms with E-state index in [0.717, 1.165) is 11.3 Å². The molecule has 15 heavy (non-hydrogen) atoms. The van der Waals surface area contributed by atoms with Gasteiger partial charge in [0.25, 0.3) is 0 Å². The fourth-order valence-electron chi connectivity index (χ4n) is 1.39. The normalized spacial score (nSPS) is 14.4. The molecule has 0 amide bonds. The third kappa shape index (κ3) is 2.69. The van der Waals surface area contributed by atoms with Crippen LogP contribution < -0.4 is 5.32 Å². The first-order valence-electron chi connectivity index (χ1n) is 4.17. The summed E-state index contributed by atoms with van der Waals surface area (Å²) in [5.74, 6) is 0. The molecule has 4 nitrogen and oxygen atoms in total. The molecule has 0 saturated heterocycles. The van der Waals surface area contributed by atoms with Crippen LogP contribution in [-0.2, 0) is 4.57 Å². The van der Waals surface area contributed by atoms with Crippen LogP contribution in [0.2, 0.25) is 0 Å². The number of hydrogen-bond acceptors (Lipinski definition) is 2. The molecule has 1 aromatic carbocycles. The largest absolute Gasteiger partial charge is 0.380 e. The van der Waals surface area contributed by atoms with E-state index in [-0.39, 0.29) is 28.8 Å². The van der Waals surface area contributed by atoms with Gasteiger partial charge in [-0.25, -0.2) is 0 Å². The maximum Gasteiger partial charge on any atom is 0.354 e. The number of anilines is 1. The molecule has 3 N–H and O–H groups in total. The molecule has 0 saturated carbocycles. The van der Waals surface area contributed by atoms with Gasteiger partial charge in [-0.05, 0) is 17.7 Å². The van der Waals surface area contributed by atoms with Gasteiger partial charge in [0.15, 0.2) is 0 Å². The molecule has 0 aromatic heterocycles. The highest BCUT2D eigenvalue weighted by molar-refractivity contribution is 8.93. The molecular formula is C9H11BrNO3P. The van der Waals surface area contributed by atoms with Crippen LogP contribution in [0.4, 0.5) is 5.69 Å². The summed E-state index contributed by atoms with van der Waals surface area (Å²) in [6.45, 7) is 0.210. The molecule has 1 aliphatic heterocycles. The van der Waals surface area contributed by atoms with Crippen molar-refractivity contribution >= 4 is 36.3 Å². The average molecular weight is 292 g/mol. The lowest BCUT2D eigenvalue weighted by Crippen LogP contribution is -2.10. The summed E-state index contributed by atoms with van der Waals surface area (Å²) in [4.78, 5) is 17.9. The van der Waals surface area contributed by atoms with Crippen LogP contribution in [-0.4, -0.2) is 16.3 Å². The van der Waals surface area contributed by atoms with Crippen LogP contribution in [0.3, 0.4) is 0 Å². The van der Waals surface area contributed by atoms with E-state index in [1.54, 1.807) is 6.08 Å². The van der Waals surface area contributed by atoms with Gasteiger partial charge in [0.1, 0.15) is 0 Å². The van der Waals surface area contributed by atoms with E-state index in [0.29, 0.717) is 0 Å². The Morgan fingerprint density at radius 3 is 2.60 bits per heavy atom. The van der Waals surface area contributed by atoms with Gasteiger partial charge >= 0.3 is 7.60 Å². The summed E-state index contributed by atoms with van der Waals surface area (Å²) in [6.07, 6.45) is 1.55. The zero-order valence-corrected chi connectivity index (χ0v) is 10.4. The van der Waals surface area contributed by atoms with E-state index in [2.05, 4.69) is 5.32 Å². The van der Waals surface area contributed by atoms with Gasteiger partial charge in [0.2, 0.25) is 0 Å². The molecule has 6 heteroatoms. The molecule has 1 aromatic rings. The number of hydrogen-bond donors (Lipinski definition) is 3. The van der Waals surface area contributed by atoms with Crippen LogP contribution in [0.15, 0.2) is 29.6 Å². The molecule has 0 aliphatic carbocycles. The number of rotatable bonds is 1. The van der Waals surface area contributed by atoms with E-state index in [4.69, 9.17) is 9.79 Å². The summed E-state index contributed by atoms with van der Waals surface area (Å²) in [7, 11) is -4.10. The number of nitrogens with one attached hydrogen (secondary N) is 1. The molecule has 0 atom stereocenters. The highest BCUT2D eigenvalue weighted by Gasteiger charge is 2.23. The third-order valence-electron chi connectivity index (χ3n) is 2.12. The fourth-order valence-corrected chi connectivity index (χ4v) is 1.98. The minimum atomic E-state index is -4.10.